The summed E-state index contributed by atoms with van der Waals surface area (Å²) in [5, 5.41) is 5.12. The van der Waals surface area contributed by atoms with E-state index in [-0.39, 0.29) is 6.04 Å². The van der Waals surface area contributed by atoms with Gasteiger partial charge < -0.3 is 0 Å². The van der Waals surface area contributed by atoms with Crippen molar-refractivity contribution >= 4 is 11.6 Å². The molecule has 0 bridgehead atoms. The van der Waals surface area contributed by atoms with Gasteiger partial charge in [0.05, 0.1) is 5.69 Å². The summed E-state index contributed by atoms with van der Waals surface area (Å²) in [6.45, 7) is 6.73. The van der Waals surface area contributed by atoms with Gasteiger partial charge in [-0.2, -0.15) is 5.10 Å². The zero-order valence-corrected chi connectivity index (χ0v) is 13.8. The van der Waals surface area contributed by atoms with Gasteiger partial charge >= 0.3 is 0 Å². The minimum absolute atomic E-state index is 0.284. The molecule has 0 spiro atoms. The van der Waals surface area contributed by atoms with Crippen molar-refractivity contribution in [1.82, 2.24) is 15.2 Å². The summed E-state index contributed by atoms with van der Waals surface area (Å²) < 4.78 is 1.74. The second kappa shape index (κ2) is 6.04. The van der Waals surface area contributed by atoms with E-state index in [0.29, 0.717) is 11.3 Å². The second-order valence-electron chi connectivity index (χ2n) is 6.96. The maximum absolute atomic E-state index is 6.33. The summed E-state index contributed by atoms with van der Waals surface area (Å²) in [5.74, 6) is 6.43. The zero-order chi connectivity index (χ0) is 14.9. The fourth-order valence-corrected chi connectivity index (χ4v) is 3.56. The van der Waals surface area contributed by atoms with Gasteiger partial charge in [-0.3, -0.25) is 16.0 Å². The lowest BCUT2D eigenvalue weighted by Gasteiger charge is -2.37. The van der Waals surface area contributed by atoms with Gasteiger partial charge in [0.1, 0.15) is 5.15 Å². The Morgan fingerprint density at radius 1 is 1.45 bits per heavy atom. The third kappa shape index (κ3) is 3.35. The molecule has 3 N–H and O–H groups in total. The molecular formula is C15H27ClN4. The number of hydrazine groups is 1. The highest BCUT2D eigenvalue weighted by atomic mass is 35.5. The molecule has 2 rings (SSSR count). The third-order valence-corrected chi connectivity index (χ3v) is 5.33. The van der Waals surface area contributed by atoms with E-state index < -0.39 is 0 Å². The van der Waals surface area contributed by atoms with Crippen LogP contribution in [0.4, 0.5) is 0 Å². The molecule has 4 nitrogen and oxygen atoms in total. The number of nitrogens with one attached hydrogen (secondary N) is 1. The van der Waals surface area contributed by atoms with Crippen molar-refractivity contribution in [1.29, 1.82) is 0 Å². The average molecular weight is 299 g/mol. The largest absolute Gasteiger partial charge is 0.271 e. The van der Waals surface area contributed by atoms with Crippen LogP contribution in [0.5, 0.6) is 0 Å². The molecule has 0 amide bonds. The Morgan fingerprint density at radius 3 is 2.50 bits per heavy atom. The van der Waals surface area contributed by atoms with Crippen LogP contribution in [0, 0.1) is 18.3 Å². The number of hydrogen-bond donors (Lipinski definition) is 2. The number of nitrogens with two attached hydrogens (primary N) is 1. The molecule has 0 saturated heterocycles. The predicted octanol–water partition coefficient (Wildman–Crippen LogP) is 2.97. The first-order valence-electron chi connectivity index (χ1n) is 7.48. The fourth-order valence-electron chi connectivity index (χ4n) is 3.31. The predicted molar refractivity (Wildman–Crippen MR) is 83.5 cm³/mol. The minimum atomic E-state index is 0.284. The van der Waals surface area contributed by atoms with Gasteiger partial charge in [-0.1, -0.05) is 25.4 Å². The summed E-state index contributed by atoms with van der Waals surface area (Å²) in [5.41, 5.74) is 5.63. The molecule has 1 saturated carbocycles. The van der Waals surface area contributed by atoms with Gasteiger partial charge in [-0.05, 0) is 50.4 Å². The van der Waals surface area contributed by atoms with Crippen molar-refractivity contribution in [3.63, 3.8) is 0 Å². The molecule has 5 heteroatoms. The number of halogens is 1. The molecule has 1 unspecified atom stereocenters. The van der Waals surface area contributed by atoms with E-state index in [9.17, 15) is 0 Å². The monoisotopic (exact) mass is 298 g/mol. The van der Waals surface area contributed by atoms with Crippen molar-refractivity contribution in [2.75, 3.05) is 0 Å². The van der Waals surface area contributed by atoms with E-state index in [0.717, 1.165) is 22.8 Å². The van der Waals surface area contributed by atoms with E-state index in [4.69, 9.17) is 17.4 Å². The molecule has 20 heavy (non-hydrogen) atoms. The second-order valence-corrected chi connectivity index (χ2v) is 7.32. The molecule has 0 aliphatic heterocycles. The molecule has 114 valence electrons. The third-order valence-electron chi connectivity index (χ3n) is 4.86. The summed E-state index contributed by atoms with van der Waals surface area (Å²) in [4.78, 5) is 0. The van der Waals surface area contributed by atoms with Crippen LogP contribution in [-0.4, -0.2) is 15.8 Å². The van der Waals surface area contributed by atoms with Gasteiger partial charge in [0.15, 0.2) is 0 Å². The molecule has 1 aliphatic carbocycles. The fraction of sp³-hybridized carbons (Fsp3) is 0.800. The van der Waals surface area contributed by atoms with E-state index in [1.165, 1.54) is 25.7 Å². The molecular weight excluding hydrogens is 272 g/mol. The van der Waals surface area contributed by atoms with Crippen LogP contribution in [0.25, 0.3) is 0 Å². The summed E-state index contributed by atoms with van der Waals surface area (Å²) in [7, 11) is 1.88. The molecule has 1 aliphatic rings. The summed E-state index contributed by atoms with van der Waals surface area (Å²) in [6, 6.07) is 0.284. The minimum Gasteiger partial charge on any atom is -0.271 e. The van der Waals surface area contributed by atoms with Gasteiger partial charge in [0.25, 0.3) is 0 Å². The Bertz CT molecular complexity index is 457. The zero-order valence-electron chi connectivity index (χ0n) is 13.0. The lowest BCUT2D eigenvalue weighted by Crippen LogP contribution is -2.44. The summed E-state index contributed by atoms with van der Waals surface area (Å²) in [6.07, 6.45) is 5.88. The van der Waals surface area contributed by atoms with Crippen molar-refractivity contribution in [3.8, 4) is 0 Å². The van der Waals surface area contributed by atoms with Crippen LogP contribution in [0.2, 0.25) is 5.15 Å². The standard InChI is InChI=1S/C15H27ClN4/c1-10-12(14(16)20(4)19-10)9-13(18-17)11-5-7-15(2,3)8-6-11/h11,13,18H,5-9,17H2,1-4H3. The van der Waals surface area contributed by atoms with Crippen molar-refractivity contribution in [3.05, 3.63) is 16.4 Å². The van der Waals surface area contributed by atoms with Crippen molar-refractivity contribution in [2.45, 2.75) is 58.9 Å². The number of aromatic nitrogens is 2. The Morgan fingerprint density at radius 2 is 2.05 bits per heavy atom. The Labute approximate surface area is 127 Å². The Hall–Kier alpha value is -0.580. The normalized spacial score (nSPS) is 21.1. The van der Waals surface area contributed by atoms with Gasteiger partial charge in [-0.25, -0.2) is 0 Å². The van der Waals surface area contributed by atoms with E-state index >= 15 is 0 Å². The highest BCUT2D eigenvalue weighted by Crippen LogP contribution is 2.39. The molecule has 1 fully saturated rings. The number of nitrogens with zero attached hydrogens (tertiary/aromatic N) is 2. The lowest BCUT2D eigenvalue weighted by molar-refractivity contribution is 0.161. The quantitative estimate of drug-likeness (QED) is 0.664. The van der Waals surface area contributed by atoms with E-state index in [1.807, 2.05) is 14.0 Å². The SMILES string of the molecule is Cc1nn(C)c(Cl)c1CC(NN)C1CCC(C)(C)CC1. The van der Waals surface area contributed by atoms with Crippen molar-refractivity contribution < 1.29 is 0 Å². The average Bonchev–Trinajstić information content (AvgIpc) is 2.62. The number of aryl methyl sites for hydroxylation is 2. The topological polar surface area (TPSA) is 55.9 Å². The van der Waals surface area contributed by atoms with Crippen LogP contribution >= 0.6 is 11.6 Å². The maximum Gasteiger partial charge on any atom is 0.130 e. The van der Waals surface area contributed by atoms with Crippen LogP contribution in [0.15, 0.2) is 0 Å². The van der Waals surface area contributed by atoms with Crippen LogP contribution in [0.1, 0.15) is 50.8 Å². The lowest BCUT2D eigenvalue weighted by atomic mass is 9.70. The Balaban J connectivity index is 2.06. The first-order valence-corrected chi connectivity index (χ1v) is 7.86. The van der Waals surface area contributed by atoms with Crippen LogP contribution < -0.4 is 11.3 Å². The molecule has 1 atom stereocenters. The highest BCUT2D eigenvalue weighted by Gasteiger charge is 2.31. The number of rotatable bonds is 4. The number of hydrogen-bond acceptors (Lipinski definition) is 3. The van der Waals surface area contributed by atoms with Gasteiger partial charge in [-0.15, -0.1) is 0 Å². The summed E-state index contributed by atoms with van der Waals surface area (Å²) >= 11 is 6.33. The molecule has 1 aromatic rings. The first kappa shape index (κ1) is 15.8. The smallest absolute Gasteiger partial charge is 0.130 e. The van der Waals surface area contributed by atoms with Crippen molar-refractivity contribution in [2.24, 2.45) is 24.2 Å². The van der Waals surface area contributed by atoms with Crippen LogP contribution in [-0.2, 0) is 13.5 Å². The highest BCUT2D eigenvalue weighted by molar-refractivity contribution is 6.30. The van der Waals surface area contributed by atoms with Gasteiger partial charge in [0, 0.05) is 18.7 Å². The molecule has 1 heterocycles. The van der Waals surface area contributed by atoms with E-state index in [1.54, 1.807) is 4.68 Å². The molecule has 1 aromatic heterocycles. The van der Waals surface area contributed by atoms with Gasteiger partial charge in [0.2, 0.25) is 0 Å². The maximum atomic E-state index is 6.33. The van der Waals surface area contributed by atoms with E-state index in [2.05, 4.69) is 24.4 Å². The molecule has 0 aromatic carbocycles. The first-order chi connectivity index (χ1) is 9.34. The molecule has 0 radical (unpaired) electrons. The van der Waals surface area contributed by atoms with Crippen LogP contribution in [0.3, 0.4) is 0 Å². The Kier molecular flexibility index (Phi) is 4.77.